The van der Waals surface area contributed by atoms with Crippen molar-refractivity contribution in [3.05, 3.63) is 42.1 Å². The number of imide groups is 9. The summed E-state index contributed by atoms with van der Waals surface area (Å²) in [5, 5.41) is 10.9. The standard InChI is InChI=1S/C15H26N4O4.C10H8N2O3.2C6H8N2O3.C5H8N2O2.C5H6N2O2.C5H7NO2.C3H4N2O2/c1-6-7-8-9-11(17(4)14(22)16(2)3)19-13(21)10-12(20)18(5)15(19)23;13-8-6-9(14)12(10(15)11-8)7-4-2-1-3-5-7;1-3-4(9)7-6(11)8(2)5(3)10;1-2-8-5(10)3-4(9)7-6(8)11;1-6-4(8)3-5(9)7(6)2;6-3-1-4(8)7-5(9)2-3;1-6-3-4(7)2-5(6)8;6-2-1-3(7)5-4-2/h11H,6-10H2,1-5H3;1-5H,6H2,(H,11,13,15);3H,1-2H3,(H,7,9,11);2-3H2,1H3,(H,7,9,11);3H2,1-2H3;1H,2,6H2,(H,7,8,9);2-3H2,1H3;1H2,(H,4,6)(H,5,7). The highest BCUT2D eigenvalue weighted by atomic mass is 16.2. The van der Waals surface area contributed by atoms with Crippen molar-refractivity contribution in [2.75, 3.05) is 74.4 Å². The van der Waals surface area contributed by atoms with Crippen molar-refractivity contribution in [3.63, 3.8) is 0 Å². The van der Waals surface area contributed by atoms with Crippen LogP contribution in [0.2, 0.25) is 0 Å². The van der Waals surface area contributed by atoms with Gasteiger partial charge in [-0.3, -0.25) is 134 Å². The number of benzene rings is 1. The van der Waals surface area contributed by atoms with Crippen LogP contribution in [0.15, 0.2) is 42.1 Å². The van der Waals surface area contributed by atoms with E-state index >= 15 is 0 Å². The molecular weight excluding hydrogens is 1230 g/mol. The fraction of sp³-hybridized carbons (Fsp3) is 0.473. The number of Topliss-reactive ketones (excluding diaryl/α,β-unsaturated/α-hetero) is 1. The van der Waals surface area contributed by atoms with Crippen LogP contribution in [-0.4, -0.2) is 245 Å². The molecule has 2 unspecified atom stereocenters. The van der Waals surface area contributed by atoms with Gasteiger partial charge in [0.2, 0.25) is 82.7 Å². The van der Waals surface area contributed by atoms with E-state index in [0.717, 1.165) is 43.8 Å². The minimum Gasteiger partial charge on any atom is -0.401 e. The summed E-state index contributed by atoms with van der Waals surface area (Å²) in [6.45, 7) is 5.79. The van der Waals surface area contributed by atoms with E-state index in [1.54, 1.807) is 79.5 Å². The number of ketones is 1. The second-order valence-electron chi connectivity index (χ2n) is 20.7. The molecule has 8 aliphatic heterocycles. The lowest BCUT2D eigenvalue weighted by Gasteiger charge is -2.40. The summed E-state index contributed by atoms with van der Waals surface area (Å²) in [4.78, 5) is 239. The van der Waals surface area contributed by atoms with Crippen LogP contribution in [0, 0.1) is 5.92 Å². The molecule has 38 nitrogen and oxygen atoms in total. The van der Waals surface area contributed by atoms with Crippen LogP contribution in [0.1, 0.15) is 91.4 Å². The summed E-state index contributed by atoms with van der Waals surface area (Å²) < 4.78 is 0. The number of likely N-dealkylation sites (N-methyl/N-ethyl adjacent to an activating group) is 1. The van der Waals surface area contributed by atoms with Gasteiger partial charge in [-0.2, -0.15) is 0 Å². The Hall–Kier alpha value is -11.4. The van der Waals surface area contributed by atoms with Gasteiger partial charge in [-0.25, -0.2) is 33.8 Å². The second kappa shape index (κ2) is 36.3. The third kappa shape index (κ3) is 23.8. The minimum atomic E-state index is -0.752. The number of hydrogen-bond donors (Lipinski definition) is 7. The molecule has 506 valence electrons. The number of barbiturate groups is 4. The van der Waals surface area contributed by atoms with E-state index < -0.39 is 89.4 Å². The highest BCUT2D eigenvalue weighted by molar-refractivity contribution is 6.26. The van der Waals surface area contributed by atoms with Crippen molar-refractivity contribution in [3.8, 4) is 0 Å². The summed E-state index contributed by atoms with van der Waals surface area (Å²) in [6, 6.07) is 5.53. The van der Waals surface area contributed by atoms with Crippen molar-refractivity contribution < 1.29 is 101 Å². The second-order valence-corrected chi connectivity index (χ2v) is 20.7. The number of hydrogen-bond acceptors (Lipinski definition) is 22. The molecule has 38 heteroatoms. The monoisotopic (exact) mass is 1310 g/mol. The minimum absolute atomic E-state index is 0.0208. The number of rotatable bonds is 8. The zero-order valence-corrected chi connectivity index (χ0v) is 52.9. The van der Waals surface area contributed by atoms with Gasteiger partial charge in [-0.1, -0.05) is 38.0 Å². The predicted octanol–water partition coefficient (Wildman–Crippen LogP) is -3.17. The number of likely N-dealkylation sites (tertiary alicyclic amines) is 1. The Labute approximate surface area is 531 Å². The summed E-state index contributed by atoms with van der Waals surface area (Å²) in [5.41, 5.74) is 10.2. The molecule has 7 fully saturated rings. The van der Waals surface area contributed by atoms with Gasteiger partial charge >= 0.3 is 30.2 Å². The van der Waals surface area contributed by atoms with Crippen LogP contribution in [-0.2, 0) is 76.7 Å². The van der Waals surface area contributed by atoms with Crippen molar-refractivity contribution >= 4 is 130 Å². The lowest BCUT2D eigenvalue weighted by atomic mass is 10.1. The normalized spacial score (nSPS) is 18.9. The molecule has 1 aromatic carbocycles. The molecule has 1 aromatic rings. The number of carbonyl (C=O) groups is 21. The van der Waals surface area contributed by atoms with Crippen molar-refractivity contribution in [2.24, 2.45) is 11.7 Å². The molecule has 9 rings (SSSR count). The Morgan fingerprint density at radius 1 is 0.559 bits per heavy atom. The Morgan fingerprint density at radius 2 is 1.09 bits per heavy atom. The molecule has 0 bridgehead atoms. The van der Waals surface area contributed by atoms with E-state index in [2.05, 4.69) is 21.5 Å². The first kappa shape index (κ1) is 77.7. The third-order valence-electron chi connectivity index (χ3n) is 13.3. The average Bonchev–Trinajstić information content (AvgIpc) is 1.71. The van der Waals surface area contributed by atoms with Gasteiger partial charge in [0.05, 0.1) is 25.1 Å². The van der Waals surface area contributed by atoms with Gasteiger partial charge < -0.3 is 20.4 Å². The van der Waals surface area contributed by atoms with Crippen molar-refractivity contribution in [1.29, 1.82) is 0 Å². The van der Waals surface area contributed by atoms with Crippen LogP contribution >= 0.6 is 0 Å². The molecule has 0 saturated carbocycles. The number of urea groups is 5. The van der Waals surface area contributed by atoms with E-state index in [-0.39, 0.29) is 92.2 Å². The maximum atomic E-state index is 12.4. The van der Waals surface area contributed by atoms with Crippen LogP contribution in [0.4, 0.5) is 29.7 Å². The van der Waals surface area contributed by atoms with Gasteiger partial charge in [-0.15, -0.1) is 0 Å². The van der Waals surface area contributed by atoms with Gasteiger partial charge in [0.25, 0.3) is 5.91 Å². The van der Waals surface area contributed by atoms with Crippen LogP contribution in [0.25, 0.3) is 0 Å². The molecule has 0 spiro atoms. The number of unbranched alkanes of at least 4 members (excludes halogenated alkanes) is 2. The summed E-state index contributed by atoms with van der Waals surface area (Å²) in [5.74, 6) is -6.42. The zero-order chi connectivity index (χ0) is 70.9. The third-order valence-corrected chi connectivity index (χ3v) is 13.3. The molecule has 25 amide bonds. The predicted molar refractivity (Wildman–Crippen MR) is 316 cm³/mol. The molecule has 0 radical (unpaired) electrons. The van der Waals surface area contributed by atoms with Crippen LogP contribution in [0.3, 0.4) is 0 Å². The van der Waals surface area contributed by atoms with Crippen LogP contribution < -0.4 is 42.8 Å². The first-order valence-electron chi connectivity index (χ1n) is 28.1. The number of para-hydroxylation sites is 1. The SMILES string of the molecule is CC1C(=O)NC(=O)N(C)C1=O.CCCCCC(N(C)C(=O)N(C)C)N1C(=O)CC(=O)N(C)C1=O.CCN1C(=O)CC(=O)NC1=O.CN1C(=O)CC(=O)N1C.CN1CC(=O)CC1=O.NC1=CC(=O)NC(=O)C1.O=C1CC(=O)N(c2ccccc2)C(=O)N1.O=C1CC(=O)NN1. The largest absolute Gasteiger partial charge is 0.401 e. The number of hydrazine groups is 2. The maximum Gasteiger partial charge on any atom is 0.335 e. The highest BCUT2D eigenvalue weighted by Crippen LogP contribution is 2.22. The molecule has 8 N–H and O–H groups in total. The molecule has 7 saturated heterocycles. The average molecular weight is 1310 g/mol. The number of nitrogens with two attached hydrogens (primary N) is 1. The first-order chi connectivity index (χ1) is 43.4. The molecule has 8 aliphatic rings. The highest BCUT2D eigenvalue weighted by Gasteiger charge is 2.43. The van der Waals surface area contributed by atoms with Gasteiger partial charge in [0.1, 0.15) is 44.2 Å². The van der Waals surface area contributed by atoms with E-state index in [9.17, 15) is 101 Å². The Balaban J connectivity index is 0.000000373. The first-order valence-corrected chi connectivity index (χ1v) is 28.1. The van der Waals surface area contributed by atoms with E-state index in [4.69, 9.17) is 5.73 Å². The molecule has 8 heterocycles. The summed E-state index contributed by atoms with van der Waals surface area (Å²) >= 11 is 0. The summed E-state index contributed by atoms with van der Waals surface area (Å²) in [6.07, 6.45) is 3.08. The number of carbonyl (C=O) groups excluding carboxylic acids is 21. The molecule has 0 aromatic heterocycles. The zero-order valence-electron chi connectivity index (χ0n) is 52.9. The Kier molecular flexibility index (Phi) is 30.4. The number of nitrogens with one attached hydrogen (secondary N) is 6. The van der Waals surface area contributed by atoms with Gasteiger partial charge in [-0.05, 0) is 38.8 Å². The number of amides is 25. The maximum absolute atomic E-state index is 12.4. The molecule has 2 atom stereocenters. The number of nitrogens with zero attached hydrogens (tertiary/aromatic N) is 10. The van der Waals surface area contributed by atoms with Crippen molar-refractivity contribution in [2.45, 2.75) is 97.6 Å². The Morgan fingerprint density at radius 3 is 1.49 bits per heavy atom. The summed E-state index contributed by atoms with van der Waals surface area (Å²) in [7, 11) is 12.3. The quantitative estimate of drug-likeness (QED) is 0.0767. The van der Waals surface area contributed by atoms with E-state index in [1.165, 1.54) is 51.8 Å². The molecule has 93 heavy (non-hydrogen) atoms. The molecule has 0 aliphatic carbocycles. The topological polar surface area (TPSA) is 489 Å². The van der Waals surface area contributed by atoms with Gasteiger partial charge in [0, 0.05) is 74.7 Å². The van der Waals surface area contributed by atoms with Crippen LogP contribution in [0.5, 0.6) is 0 Å². The van der Waals surface area contributed by atoms with E-state index in [0.29, 0.717) is 30.9 Å². The van der Waals surface area contributed by atoms with Gasteiger partial charge in [0.15, 0.2) is 5.78 Å². The number of anilines is 1. The van der Waals surface area contributed by atoms with Crippen molar-refractivity contribution in [1.82, 2.24) is 76.4 Å². The lowest BCUT2D eigenvalue weighted by Crippen LogP contribution is -2.62. The Bertz CT molecular complexity index is 3110. The molecular formula is C55H75N17O21. The fourth-order valence-corrected chi connectivity index (χ4v) is 8.00. The van der Waals surface area contributed by atoms with E-state index in [1.807, 2.05) is 17.6 Å². The lowest BCUT2D eigenvalue weighted by molar-refractivity contribution is -0.146. The smallest absolute Gasteiger partial charge is 0.335 e. The fourth-order valence-electron chi connectivity index (χ4n) is 8.00.